The molecule has 2 aromatic rings. The maximum Gasteiger partial charge on any atom is 0.307 e. The molecule has 0 amide bonds. The van der Waals surface area contributed by atoms with E-state index in [2.05, 4.69) is 4.99 Å². The molecule has 0 radical (unpaired) electrons. The van der Waals surface area contributed by atoms with Gasteiger partial charge in [-0.2, -0.15) is 0 Å². The van der Waals surface area contributed by atoms with Crippen molar-refractivity contribution in [3.63, 3.8) is 0 Å². The average molecular weight is 357 g/mol. The lowest BCUT2D eigenvalue weighted by atomic mass is 10.1. The van der Waals surface area contributed by atoms with Gasteiger partial charge >= 0.3 is 5.97 Å². The standard InChI is InChI=1S/C18H15NO3S2/c1-11(16(20)21)10-23-18-19-15(17(22)24-18)9-12-6-7-13-4-2-3-5-14(13)8-12/h2-9,11H,10H2,1H3,(H,20,21). The zero-order valence-corrected chi connectivity index (χ0v) is 14.6. The SMILES string of the molecule is CC(CSC1=NC(=Cc2ccc3ccccc3c2)C(=O)S1)C(=O)O. The number of aliphatic imine (C=N–C) groups is 1. The lowest BCUT2D eigenvalue weighted by Crippen LogP contribution is -2.12. The van der Waals surface area contributed by atoms with Crippen LogP contribution in [0.2, 0.25) is 0 Å². The summed E-state index contributed by atoms with van der Waals surface area (Å²) in [6.45, 7) is 1.64. The second kappa shape index (κ2) is 7.23. The van der Waals surface area contributed by atoms with Gasteiger partial charge in [0.05, 0.1) is 5.92 Å². The average Bonchev–Trinajstić information content (AvgIpc) is 2.92. The second-order valence-corrected chi connectivity index (χ2v) is 7.68. The van der Waals surface area contributed by atoms with Crippen LogP contribution < -0.4 is 0 Å². The lowest BCUT2D eigenvalue weighted by molar-refractivity contribution is -0.140. The first-order chi connectivity index (χ1) is 11.5. The van der Waals surface area contributed by atoms with Crippen LogP contribution in [0.4, 0.5) is 0 Å². The Morgan fingerprint density at radius 3 is 2.79 bits per heavy atom. The van der Waals surface area contributed by atoms with Crippen LogP contribution in [0.15, 0.2) is 53.2 Å². The highest BCUT2D eigenvalue weighted by Gasteiger charge is 2.23. The Morgan fingerprint density at radius 1 is 1.29 bits per heavy atom. The van der Waals surface area contributed by atoms with Gasteiger partial charge in [-0.15, -0.1) is 0 Å². The summed E-state index contributed by atoms with van der Waals surface area (Å²) in [5, 5.41) is 11.1. The molecule has 1 atom stereocenters. The van der Waals surface area contributed by atoms with Crippen molar-refractivity contribution in [2.75, 3.05) is 5.75 Å². The molecule has 0 spiro atoms. The van der Waals surface area contributed by atoms with Gasteiger partial charge in [-0.05, 0) is 40.2 Å². The minimum absolute atomic E-state index is 0.103. The van der Waals surface area contributed by atoms with E-state index in [0.29, 0.717) is 15.8 Å². The Morgan fingerprint density at radius 2 is 2.04 bits per heavy atom. The van der Waals surface area contributed by atoms with Crippen molar-refractivity contribution in [3.8, 4) is 0 Å². The highest BCUT2D eigenvalue weighted by Crippen LogP contribution is 2.32. The summed E-state index contributed by atoms with van der Waals surface area (Å²) in [6.07, 6.45) is 1.77. The molecule has 4 nitrogen and oxygen atoms in total. The quantitative estimate of drug-likeness (QED) is 0.828. The van der Waals surface area contributed by atoms with Crippen LogP contribution in [-0.4, -0.2) is 26.3 Å². The summed E-state index contributed by atoms with van der Waals surface area (Å²) >= 11 is 2.37. The van der Waals surface area contributed by atoms with E-state index in [-0.39, 0.29) is 5.12 Å². The largest absolute Gasteiger partial charge is 0.481 e. The zero-order chi connectivity index (χ0) is 17.1. The van der Waals surface area contributed by atoms with E-state index in [1.807, 2.05) is 42.5 Å². The smallest absolute Gasteiger partial charge is 0.307 e. The van der Waals surface area contributed by atoms with Crippen molar-refractivity contribution in [3.05, 3.63) is 53.7 Å². The molecule has 6 heteroatoms. The minimum atomic E-state index is -0.843. The third-order valence-corrected chi connectivity index (χ3v) is 5.83. The zero-order valence-electron chi connectivity index (χ0n) is 12.9. The van der Waals surface area contributed by atoms with E-state index in [1.54, 1.807) is 13.0 Å². The summed E-state index contributed by atoms with van der Waals surface area (Å²) in [4.78, 5) is 27.3. The Balaban J connectivity index is 1.78. The van der Waals surface area contributed by atoms with E-state index in [0.717, 1.165) is 28.1 Å². The number of nitrogens with zero attached hydrogens (tertiary/aromatic N) is 1. The van der Waals surface area contributed by atoms with Gasteiger partial charge in [0.15, 0.2) is 0 Å². The number of carboxylic acid groups (broad SMARTS) is 1. The summed E-state index contributed by atoms with van der Waals surface area (Å²) in [5.74, 6) is -0.913. The number of rotatable bonds is 4. The van der Waals surface area contributed by atoms with Gasteiger partial charge in [-0.25, -0.2) is 4.99 Å². The molecular formula is C18H15NO3S2. The van der Waals surface area contributed by atoms with Crippen molar-refractivity contribution in [1.82, 2.24) is 0 Å². The third kappa shape index (κ3) is 3.88. The Bertz CT molecular complexity index is 873. The van der Waals surface area contributed by atoms with Crippen molar-refractivity contribution in [2.45, 2.75) is 6.92 Å². The number of fused-ring (bicyclic) bond motifs is 1. The fraction of sp³-hybridized carbons (Fsp3) is 0.167. The fourth-order valence-electron chi connectivity index (χ4n) is 2.17. The highest BCUT2D eigenvalue weighted by atomic mass is 32.2. The molecule has 1 N–H and O–H groups in total. The van der Waals surface area contributed by atoms with Crippen LogP contribution in [-0.2, 0) is 9.59 Å². The van der Waals surface area contributed by atoms with Crippen LogP contribution in [0.1, 0.15) is 12.5 Å². The van der Waals surface area contributed by atoms with Crippen molar-refractivity contribution < 1.29 is 14.7 Å². The van der Waals surface area contributed by atoms with Crippen LogP contribution in [0.3, 0.4) is 0 Å². The summed E-state index contributed by atoms with van der Waals surface area (Å²) < 4.78 is 0.611. The number of hydrogen-bond donors (Lipinski definition) is 1. The Labute approximate surface area is 148 Å². The van der Waals surface area contributed by atoms with E-state index >= 15 is 0 Å². The van der Waals surface area contributed by atoms with Crippen molar-refractivity contribution >= 4 is 55.8 Å². The number of aliphatic carboxylic acids is 1. The Kier molecular flexibility index (Phi) is 5.06. The van der Waals surface area contributed by atoms with Gasteiger partial charge in [0, 0.05) is 5.75 Å². The normalized spacial score (nSPS) is 17.3. The molecule has 122 valence electrons. The van der Waals surface area contributed by atoms with Crippen LogP contribution in [0.5, 0.6) is 0 Å². The molecule has 1 aliphatic heterocycles. The van der Waals surface area contributed by atoms with Crippen molar-refractivity contribution in [2.24, 2.45) is 10.9 Å². The highest BCUT2D eigenvalue weighted by molar-refractivity contribution is 8.45. The first-order valence-corrected chi connectivity index (χ1v) is 9.20. The van der Waals surface area contributed by atoms with Gasteiger partial charge in [0.1, 0.15) is 10.1 Å². The first kappa shape index (κ1) is 16.8. The molecule has 0 aromatic heterocycles. The molecule has 0 saturated heterocycles. The Hall–Kier alpha value is -2.05. The summed E-state index contributed by atoms with van der Waals surface area (Å²) in [5.41, 5.74) is 1.33. The maximum absolute atomic E-state index is 12.1. The third-order valence-electron chi connectivity index (χ3n) is 3.56. The summed E-state index contributed by atoms with van der Waals surface area (Å²) in [6, 6.07) is 14.0. The topological polar surface area (TPSA) is 66.7 Å². The van der Waals surface area contributed by atoms with Crippen LogP contribution in [0, 0.1) is 5.92 Å². The number of thioether (sulfide) groups is 2. The molecule has 1 unspecified atom stereocenters. The second-order valence-electron chi connectivity index (χ2n) is 5.45. The molecule has 3 rings (SSSR count). The van der Waals surface area contributed by atoms with Gasteiger partial charge in [-0.3, -0.25) is 9.59 Å². The number of carbonyl (C=O) groups excluding carboxylic acids is 1. The molecule has 24 heavy (non-hydrogen) atoms. The van der Waals surface area contributed by atoms with Crippen LogP contribution >= 0.6 is 23.5 Å². The summed E-state index contributed by atoms with van der Waals surface area (Å²) in [7, 11) is 0. The van der Waals surface area contributed by atoms with Crippen LogP contribution in [0.25, 0.3) is 16.8 Å². The number of benzene rings is 2. The van der Waals surface area contributed by atoms with Gasteiger partial charge < -0.3 is 5.11 Å². The molecule has 0 fully saturated rings. The monoisotopic (exact) mass is 357 g/mol. The molecule has 0 aliphatic carbocycles. The van der Waals surface area contributed by atoms with Gasteiger partial charge in [0.2, 0.25) is 5.12 Å². The van der Waals surface area contributed by atoms with Gasteiger partial charge in [0.25, 0.3) is 0 Å². The molecular weight excluding hydrogens is 342 g/mol. The molecule has 0 saturated carbocycles. The van der Waals surface area contributed by atoms with Crippen molar-refractivity contribution in [1.29, 1.82) is 0 Å². The fourth-order valence-corrected chi connectivity index (χ4v) is 4.05. The number of carbonyl (C=O) groups is 2. The molecule has 2 aromatic carbocycles. The molecule has 0 bridgehead atoms. The predicted octanol–water partition coefficient (Wildman–Crippen LogP) is 4.26. The van der Waals surface area contributed by atoms with E-state index < -0.39 is 11.9 Å². The minimum Gasteiger partial charge on any atom is -0.481 e. The number of carboxylic acids is 1. The molecule has 1 aliphatic rings. The van der Waals surface area contributed by atoms with E-state index in [1.165, 1.54) is 11.8 Å². The molecule has 1 heterocycles. The number of hydrogen-bond acceptors (Lipinski definition) is 5. The predicted molar refractivity (Wildman–Crippen MR) is 101 cm³/mol. The van der Waals surface area contributed by atoms with E-state index in [9.17, 15) is 9.59 Å². The maximum atomic E-state index is 12.1. The first-order valence-electron chi connectivity index (χ1n) is 7.40. The lowest BCUT2D eigenvalue weighted by Gasteiger charge is -2.03. The van der Waals surface area contributed by atoms with Gasteiger partial charge in [-0.1, -0.05) is 55.1 Å². The van der Waals surface area contributed by atoms with E-state index in [4.69, 9.17) is 5.11 Å².